The average Bonchev–Trinajstić information content (AvgIpc) is 2.21. The van der Waals surface area contributed by atoms with Crippen LogP contribution in [-0.2, 0) is 6.42 Å². The van der Waals surface area contributed by atoms with E-state index in [-0.39, 0.29) is 0 Å². The molecule has 0 nitrogen and oxygen atoms in total. The van der Waals surface area contributed by atoms with E-state index in [9.17, 15) is 0 Å². The molecular formula is C14H22. The van der Waals surface area contributed by atoms with E-state index in [4.69, 9.17) is 0 Å². The standard InChI is InChI=1S/C9H12.C5H10/c1-2-6-9-7-4-3-5-8-9;1-4-5(2)3/h3-5,7-8H,2,6H2,1H3;4H,1-3H3. The lowest BCUT2D eigenvalue weighted by Crippen LogP contribution is -1.78. The molecule has 0 spiro atoms. The fourth-order valence-corrected chi connectivity index (χ4v) is 0.933. The van der Waals surface area contributed by atoms with E-state index in [1.165, 1.54) is 24.0 Å². The van der Waals surface area contributed by atoms with Gasteiger partial charge in [-0.05, 0) is 32.8 Å². The maximum Gasteiger partial charge on any atom is -0.0281 e. The van der Waals surface area contributed by atoms with Gasteiger partial charge in [0.25, 0.3) is 0 Å². The summed E-state index contributed by atoms with van der Waals surface area (Å²) >= 11 is 0. The summed E-state index contributed by atoms with van der Waals surface area (Å²) in [6.45, 7) is 8.41. The van der Waals surface area contributed by atoms with Gasteiger partial charge in [-0.25, -0.2) is 0 Å². The van der Waals surface area contributed by atoms with Gasteiger partial charge < -0.3 is 0 Å². The van der Waals surface area contributed by atoms with Crippen molar-refractivity contribution in [3.8, 4) is 0 Å². The summed E-state index contributed by atoms with van der Waals surface area (Å²) in [4.78, 5) is 0. The summed E-state index contributed by atoms with van der Waals surface area (Å²) < 4.78 is 0. The molecule has 1 aromatic rings. The second-order valence-electron chi connectivity index (χ2n) is 3.60. The Labute approximate surface area is 88.7 Å². The fourth-order valence-electron chi connectivity index (χ4n) is 0.933. The van der Waals surface area contributed by atoms with E-state index >= 15 is 0 Å². The molecule has 78 valence electrons. The maximum atomic E-state index is 2.20. The minimum absolute atomic E-state index is 1.21. The maximum absolute atomic E-state index is 2.20. The molecule has 0 heterocycles. The van der Waals surface area contributed by atoms with Crippen molar-refractivity contribution in [2.75, 3.05) is 0 Å². The van der Waals surface area contributed by atoms with E-state index in [2.05, 4.69) is 57.2 Å². The number of hydrogen-bond donors (Lipinski definition) is 0. The first-order valence-electron chi connectivity index (χ1n) is 5.34. The van der Waals surface area contributed by atoms with Crippen molar-refractivity contribution in [2.24, 2.45) is 0 Å². The number of rotatable bonds is 2. The predicted octanol–water partition coefficient (Wildman–Crippen LogP) is 4.61. The molecule has 0 amide bonds. The largest absolute Gasteiger partial charge is 0.0890 e. The lowest BCUT2D eigenvalue weighted by molar-refractivity contribution is 0.922. The molecule has 0 unspecified atom stereocenters. The SMILES string of the molecule is CC=C(C)C.CCCc1ccccc1. The average molecular weight is 190 g/mol. The van der Waals surface area contributed by atoms with Crippen LogP contribution in [0.4, 0.5) is 0 Å². The summed E-state index contributed by atoms with van der Waals surface area (Å²) in [6.07, 6.45) is 4.53. The molecule has 14 heavy (non-hydrogen) atoms. The van der Waals surface area contributed by atoms with Crippen LogP contribution < -0.4 is 0 Å². The van der Waals surface area contributed by atoms with Crippen molar-refractivity contribution in [3.05, 3.63) is 47.5 Å². The summed E-state index contributed by atoms with van der Waals surface area (Å²) in [6, 6.07) is 10.6. The van der Waals surface area contributed by atoms with Crippen LogP contribution in [0, 0.1) is 0 Å². The minimum Gasteiger partial charge on any atom is -0.0890 e. The highest BCUT2D eigenvalue weighted by molar-refractivity contribution is 5.14. The minimum atomic E-state index is 1.21. The van der Waals surface area contributed by atoms with Gasteiger partial charge in [0.1, 0.15) is 0 Å². The molecule has 0 bridgehead atoms. The second-order valence-corrected chi connectivity index (χ2v) is 3.60. The van der Waals surface area contributed by atoms with Crippen LogP contribution in [0.15, 0.2) is 42.0 Å². The molecule has 0 N–H and O–H groups in total. The Hall–Kier alpha value is -1.04. The first-order valence-corrected chi connectivity index (χ1v) is 5.34. The van der Waals surface area contributed by atoms with Gasteiger partial charge in [-0.1, -0.05) is 55.3 Å². The number of aryl methyl sites for hydroxylation is 1. The van der Waals surface area contributed by atoms with Crippen molar-refractivity contribution >= 4 is 0 Å². The molecular weight excluding hydrogens is 168 g/mol. The van der Waals surface area contributed by atoms with E-state index < -0.39 is 0 Å². The lowest BCUT2D eigenvalue weighted by atomic mass is 10.1. The monoisotopic (exact) mass is 190 g/mol. The number of allylic oxidation sites excluding steroid dienone is 2. The van der Waals surface area contributed by atoms with Gasteiger partial charge in [-0.2, -0.15) is 0 Å². The Morgan fingerprint density at radius 3 is 2.00 bits per heavy atom. The van der Waals surface area contributed by atoms with E-state index in [0.717, 1.165) is 0 Å². The highest BCUT2D eigenvalue weighted by Crippen LogP contribution is 2.00. The normalized spacial score (nSPS) is 8.57. The zero-order chi connectivity index (χ0) is 10.8. The Bertz CT molecular complexity index is 240. The van der Waals surface area contributed by atoms with Crippen LogP contribution in [-0.4, -0.2) is 0 Å². The summed E-state index contributed by atoms with van der Waals surface area (Å²) in [5.74, 6) is 0. The lowest BCUT2D eigenvalue weighted by Gasteiger charge is -1.93. The summed E-state index contributed by atoms with van der Waals surface area (Å²) in [7, 11) is 0. The zero-order valence-electron chi connectivity index (χ0n) is 9.88. The zero-order valence-corrected chi connectivity index (χ0v) is 9.88. The van der Waals surface area contributed by atoms with Crippen LogP contribution >= 0.6 is 0 Å². The highest BCUT2D eigenvalue weighted by atomic mass is 13.9. The third-order valence-electron chi connectivity index (χ3n) is 1.96. The second kappa shape index (κ2) is 8.55. The molecule has 0 aliphatic heterocycles. The molecule has 0 heteroatoms. The van der Waals surface area contributed by atoms with Gasteiger partial charge in [0.05, 0.1) is 0 Å². The van der Waals surface area contributed by atoms with Crippen molar-refractivity contribution in [2.45, 2.75) is 40.5 Å². The van der Waals surface area contributed by atoms with E-state index in [1.807, 2.05) is 6.92 Å². The molecule has 1 rings (SSSR count). The number of benzene rings is 1. The molecule has 0 aliphatic rings. The van der Waals surface area contributed by atoms with Crippen LogP contribution in [0.5, 0.6) is 0 Å². The van der Waals surface area contributed by atoms with Gasteiger partial charge >= 0.3 is 0 Å². The van der Waals surface area contributed by atoms with Crippen LogP contribution in [0.3, 0.4) is 0 Å². The first-order chi connectivity index (χ1) is 6.70. The quantitative estimate of drug-likeness (QED) is 0.597. The highest BCUT2D eigenvalue weighted by Gasteiger charge is 1.84. The van der Waals surface area contributed by atoms with Crippen molar-refractivity contribution < 1.29 is 0 Å². The van der Waals surface area contributed by atoms with Crippen LogP contribution in [0.1, 0.15) is 39.7 Å². The van der Waals surface area contributed by atoms with E-state index in [0.29, 0.717) is 0 Å². The molecule has 0 atom stereocenters. The van der Waals surface area contributed by atoms with Gasteiger partial charge in [-0.15, -0.1) is 0 Å². The smallest absolute Gasteiger partial charge is 0.0281 e. The summed E-state index contributed by atoms with van der Waals surface area (Å²) in [5, 5.41) is 0. The fraction of sp³-hybridized carbons (Fsp3) is 0.429. The Kier molecular flexibility index (Phi) is 7.92. The topological polar surface area (TPSA) is 0 Å². The van der Waals surface area contributed by atoms with Gasteiger partial charge in [0.2, 0.25) is 0 Å². The molecule has 0 aromatic heterocycles. The van der Waals surface area contributed by atoms with Crippen molar-refractivity contribution in [1.29, 1.82) is 0 Å². The predicted molar refractivity (Wildman–Crippen MR) is 65.5 cm³/mol. The Morgan fingerprint density at radius 2 is 1.64 bits per heavy atom. The van der Waals surface area contributed by atoms with Crippen LogP contribution in [0.2, 0.25) is 0 Å². The van der Waals surface area contributed by atoms with Gasteiger partial charge in [0.15, 0.2) is 0 Å². The summed E-state index contributed by atoms with van der Waals surface area (Å²) in [5.41, 5.74) is 2.82. The van der Waals surface area contributed by atoms with Crippen LogP contribution in [0.25, 0.3) is 0 Å². The Morgan fingerprint density at radius 1 is 1.14 bits per heavy atom. The number of hydrogen-bond acceptors (Lipinski definition) is 0. The first kappa shape index (κ1) is 13.0. The van der Waals surface area contributed by atoms with Gasteiger partial charge in [-0.3, -0.25) is 0 Å². The van der Waals surface area contributed by atoms with Crippen molar-refractivity contribution in [3.63, 3.8) is 0 Å². The molecule has 0 fully saturated rings. The van der Waals surface area contributed by atoms with Gasteiger partial charge in [0, 0.05) is 0 Å². The third-order valence-corrected chi connectivity index (χ3v) is 1.96. The molecule has 1 aromatic carbocycles. The van der Waals surface area contributed by atoms with E-state index in [1.54, 1.807) is 0 Å². The molecule has 0 radical (unpaired) electrons. The Balaban J connectivity index is 0.000000292. The molecule has 0 aliphatic carbocycles. The van der Waals surface area contributed by atoms with Crippen molar-refractivity contribution in [1.82, 2.24) is 0 Å². The molecule has 0 saturated carbocycles. The molecule has 0 saturated heterocycles. The third kappa shape index (κ3) is 7.60.